The van der Waals surface area contributed by atoms with Crippen molar-refractivity contribution < 1.29 is 14.3 Å². The van der Waals surface area contributed by atoms with Gasteiger partial charge in [0.15, 0.2) is 0 Å². The van der Waals surface area contributed by atoms with Crippen molar-refractivity contribution in [3.63, 3.8) is 0 Å². The molecule has 1 aliphatic rings. The second-order valence-electron chi connectivity index (χ2n) is 7.30. The summed E-state index contributed by atoms with van der Waals surface area (Å²) >= 11 is 1.60. The molecule has 5 nitrogen and oxygen atoms in total. The molecule has 25 heavy (non-hydrogen) atoms. The minimum atomic E-state index is -0.500. The molecule has 2 rings (SSSR count). The Balaban J connectivity index is 2.05. The molecular weight excluding hydrogens is 336 g/mol. The fourth-order valence-corrected chi connectivity index (χ4v) is 3.54. The Morgan fingerprint density at radius 3 is 2.76 bits per heavy atom. The second-order valence-corrected chi connectivity index (χ2v) is 8.30. The van der Waals surface area contributed by atoms with Gasteiger partial charge in [0, 0.05) is 22.9 Å². The molecule has 136 valence electrons. The number of ether oxygens (including phenoxy) is 1. The molecule has 0 bridgehead atoms. The molecule has 1 N–H and O–H groups in total. The molecular formula is C19H26N2O3S. The van der Waals surface area contributed by atoms with Gasteiger partial charge in [0.1, 0.15) is 18.4 Å². The van der Waals surface area contributed by atoms with Crippen molar-refractivity contribution in [2.75, 3.05) is 23.6 Å². The summed E-state index contributed by atoms with van der Waals surface area (Å²) in [4.78, 5) is 26.9. The molecule has 1 aromatic rings. The van der Waals surface area contributed by atoms with E-state index < -0.39 is 11.5 Å². The van der Waals surface area contributed by atoms with Gasteiger partial charge in [0.25, 0.3) is 0 Å². The third-order valence-corrected chi connectivity index (χ3v) is 4.69. The highest BCUT2D eigenvalue weighted by Crippen LogP contribution is 2.28. The average Bonchev–Trinajstić information content (AvgIpc) is 3.01. The van der Waals surface area contributed by atoms with Crippen LogP contribution in [0.15, 0.2) is 36.4 Å². The molecule has 0 radical (unpaired) electrons. The number of benzene rings is 1. The maximum absolute atomic E-state index is 12.7. The van der Waals surface area contributed by atoms with E-state index in [1.807, 2.05) is 45.9 Å². The number of rotatable bonds is 5. The quantitative estimate of drug-likeness (QED) is 0.814. The number of carbonyl (C=O) groups is 2. The summed E-state index contributed by atoms with van der Waals surface area (Å²) in [5, 5.41) is 2.90. The van der Waals surface area contributed by atoms with E-state index in [1.54, 1.807) is 22.7 Å². The normalized spacial score (nSPS) is 17.3. The molecule has 1 unspecified atom stereocenters. The second kappa shape index (κ2) is 7.95. The van der Waals surface area contributed by atoms with Crippen molar-refractivity contribution in [2.45, 2.75) is 33.7 Å². The summed E-state index contributed by atoms with van der Waals surface area (Å²) in [6.45, 7) is 11.7. The van der Waals surface area contributed by atoms with Gasteiger partial charge in [-0.1, -0.05) is 33.4 Å². The monoisotopic (exact) mass is 362 g/mol. The maximum Gasteiger partial charge on any atom is 0.248 e. The van der Waals surface area contributed by atoms with Crippen LogP contribution in [0.3, 0.4) is 0 Å². The smallest absolute Gasteiger partial charge is 0.248 e. The number of thioether (sulfide) groups is 1. The van der Waals surface area contributed by atoms with Gasteiger partial charge in [-0.3, -0.25) is 9.59 Å². The van der Waals surface area contributed by atoms with Crippen LogP contribution in [0.4, 0.5) is 5.69 Å². The highest BCUT2D eigenvalue weighted by Gasteiger charge is 2.39. The lowest BCUT2D eigenvalue weighted by Crippen LogP contribution is -2.48. The van der Waals surface area contributed by atoms with Gasteiger partial charge in [-0.15, -0.1) is 11.8 Å². The first-order valence-electron chi connectivity index (χ1n) is 8.25. The first-order chi connectivity index (χ1) is 11.7. The zero-order chi connectivity index (χ0) is 18.6. The van der Waals surface area contributed by atoms with Crippen LogP contribution in [0.5, 0.6) is 5.75 Å². The summed E-state index contributed by atoms with van der Waals surface area (Å²) in [7, 11) is 0. The molecule has 1 atom stereocenters. The number of hydrogen-bond donors (Lipinski definition) is 1. The molecule has 0 aliphatic carbocycles. The third kappa shape index (κ3) is 5.26. The molecule has 1 saturated heterocycles. The zero-order valence-electron chi connectivity index (χ0n) is 15.3. The van der Waals surface area contributed by atoms with Crippen LogP contribution in [-0.4, -0.2) is 41.0 Å². The summed E-state index contributed by atoms with van der Waals surface area (Å²) in [5.41, 5.74) is 1.08. The molecule has 0 aromatic heterocycles. The van der Waals surface area contributed by atoms with Crippen molar-refractivity contribution in [1.82, 2.24) is 4.90 Å². The SMILES string of the molecule is C=C(C)COc1cccc(NC(=O)C2CSCN2C(=O)C(C)(C)C)c1. The number of anilines is 1. The van der Waals surface area contributed by atoms with Gasteiger partial charge in [-0.05, 0) is 24.6 Å². The summed E-state index contributed by atoms with van der Waals surface area (Å²) in [5.74, 6) is 1.66. The average molecular weight is 362 g/mol. The molecule has 6 heteroatoms. The lowest BCUT2D eigenvalue weighted by Gasteiger charge is -2.29. The predicted molar refractivity (Wildman–Crippen MR) is 103 cm³/mol. The van der Waals surface area contributed by atoms with E-state index in [-0.39, 0.29) is 11.8 Å². The molecule has 2 amide bonds. The fraction of sp³-hybridized carbons (Fsp3) is 0.474. The Hall–Kier alpha value is -1.95. The molecule has 0 saturated carbocycles. The largest absolute Gasteiger partial charge is 0.489 e. The molecule has 0 spiro atoms. The number of nitrogens with zero attached hydrogens (tertiary/aromatic N) is 1. The summed E-state index contributed by atoms with van der Waals surface area (Å²) in [6, 6.07) is 6.80. The number of amides is 2. The Labute approximate surface area is 153 Å². The van der Waals surface area contributed by atoms with Crippen LogP contribution in [0.2, 0.25) is 0 Å². The van der Waals surface area contributed by atoms with Crippen LogP contribution in [-0.2, 0) is 9.59 Å². The van der Waals surface area contributed by atoms with E-state index >= 15 is 0 Å². The lowest BCUT2D eigenvalue weighted by atomic mass is 9.94. The first-order valence-corrected chi connectivity index (χ1v) is 9.41. The van der Waals surface area contributed by atoms with Crippen molar-refractivity contribution in [1.29, 1.82) is 0 Å². The lowest BCUT2D eigenvalue weighted by molar-refractivity contribution is -0.143. The van der Waals surface area contributed by atoms with Crippen LogP contribution >= 0.6 is 11.8 Å². The Morgan fingerprint density at radius 2 is 2.12 bits per heavy atom. The van der Waals surface area contributed by atoms with Gasteiger partial charge in [-0.25, -0.2) is 0 Å². The first kappa shape index (κ1) is 19.4. The van der Waals surface area contributed by atoms with Crippen LogP contribution in [0.25, 0.3) is 0 Å². The van der Waals surface area contributed by atoms with E-state index in [2.05, 4.69) is 11.9 Å². The number of carbonyl (C=O) groups excluding carboxylic acids is 2. The van der Waals surface area contributed by atoms with E-state index in [0.29, 0.717) is 29.7 Å². The van der Waals surface area contributed by atoms with Crippen molar-refractivity contribution in [3.05, 3.63) is 36.4 Å². The highest BCUT2D eigenvalue weighted by molar-refractivity contribution is 7.99. The molecule has 1 aliphatic heterocycles. The van der Waals surface area contributed by atoms with Gasteiger partial charge in [0.05, 0.1) is 5.88 Å². The standard InChI is InChI=1S/C19H26N2O3S/c1-13(2)10-24-15-8-6-7-14(9-15)20-17(22)16-11-25-12-21(16)18(23)19(3,4)5/h6-9,16H,1,10-12H2,2-5H3,(H,20,22). The van der Waals surface area contributed by atoms with Gasteiger partial charge in [-0.2, -0.15) is 0 Å². The van der Waals surface area contributed by atoms with Crippen molar-refractivity contribution in [2.24, 2.45) is 5.41 Å². The predicted octanol–water partition coefficient (Wildman–Crippen LogP) is 3.53. The molecule has 1 fully saturated rings. The van der Waals surface area contributed by atoms with E-state index in [0.717, 1.165) is 5.57 Å². The van der Waals surface area contributed by atoms with Crippen molar-refractivity contribution >= 4 is 29.3 Å². The minimum absolute atomic E-state index is 0.00353. The third-order valence-electron chi connectivity index (χ3n) is 3.67. The number of nitrogens with one attached hydrogen (secondary N) is 1. The highest BCUT2D eigenvalue weighted by atomic mass is 32.2. The number of hydrogen-bond acceptors (Lipinski definition) is 4. The van der Waals surface area contributed by atoms with Crippen LogP contribution in [0.1, 0.15) is 27.7 Å². The van der Waals surface area contributed by atoms with Gasteiger partial charge >= 0.3 is 0 Å². The Bertz CT molecular complexity index is 667. The van der Waals surface area contributed by atoms with Gasteiger partial charge < -0.3 is 15.0 Å². The minimum Gasteiger partial charge on any atom is -0.489 e. The van der Waals surface area contributed by atoms with E-state index in [4.69, 9.17) is 4.74 Å². The van der Waals surface area contributed by atoms with Gasteiger partial charge in [0.2, 0.25) is 11.8 Å². The van der Waals surface area contributed by atoms with E-state index in [1.165, 1.54) is 0 Å². The topological polar surface area (TPSA) is 58.6 Å². The zero-order valence-corrected chi connectivity index (χ0v) is 16.1. The molecule has 1 heterocycles. The Morgan fingerprint density at radius 1 is 1.40 bits per heavy atom. The maximum atomic E-state index is 12.7. The Kier molecular flexibility index (Phi) is 6.16. The fourth-order valence-electron chi connectivity index (χ4n) is 2.39. The van der Waals surface area contributed by atoms with Crippen LogP contribution in [0, 0.1) is 5.41 Å². The van der Waals surface area contributed by atoms with Crippen LogP contribution < -0.4 is 10.1 Å². The summed E-state index contributed by atoms with van der Waals surface area (Å²) in [6.07, 6.45) is 0. The molecule has 1 aromatic carbocycles. The van der Waals surface area contributed by atoms with E-state index in [9.17, 15) is 9.59 Å². The van der Waals surface area contributed by atoms with Crippen molar-refractivity contribution in [3.8, 4) is 5.75 Å². The summed E-state index contributed by atoms with van der Waals surface area (Å²) < 4.78 is 5.60.